The minimum absolute atomic E-state index is 0.369. The predicted octanol–water partition coefficient (Wildman–Crippen LogP) is 2.21. The van der Waals surface area contributed by atoms with E-state index in [1.165, 1.54) is 0 Å². The van der Waals surface area contributed by atoms with Crippen molar-refractivity contribution >= 4 is 6.08 Å². The van der Waals surface area contributed by atoms with Crippen molar-refractivity contribution < 1.29 is 31.1 Å². The molecule has 0 saturated heterocycles. The van der Waals surface area contributed by atoms with Gasteiger partial charge < -0.3 is 0 Å². The molecular weight excluding hydrogens is 216 g/mol. The van der Waals surface area contributed by atoms with E-state index in [1.54, 1.807) is 4.99 Å². The maximum Gasteiger partial charge on any atom is 0.361 e. The van der Waals surface area contributed by atoms with Crippen molar-refractivity contribution in [2.45, 2.75) is 24.3 Å². The molecule has 0 N–H and O–H groups in total. The molecule has 1 unspecified atom stereocenters. The summed E-state index contributed by atoms with van der Waals surface area (Å²) in [5, 5.41) is 0. The Labute approximate surface area is 73.6 Å². The Morgan fingerprint density at radius 2 is 1.79 bits per heavy atom. The van der Waals surface area contributed by atoms with Crippen molar-refractivity contribution in [3.63, 3.8) is 0 Å². The highest BCUT2D eigenvalue weighted by Crippen LogP contribution is 2.60. The van der Waals surface area contributed by atoms with E-state index in [0.717, 1.165) is 0 Å². The second-order valence-corrected chi connectivity index (χ2v) is 2.87. The van der Waals surface area contributed by atoms with E-state index in [1.807, 2.05) is 0 Å². The maximum absolute atomic E-state index is 12.5. The number of hydrogen-bond donors (Lipinski definition) is 0. The lowest BCUT2D eigenvalue weighted by Gasteiger charge is -2.44. The van der Waals surface area contributed by atoms with Crippen molar-refractivity contribution in [3.05, 3.63) is 0 Å². The van der Waals surface area contributed by atoms with Crippen LogP contribution < -0.4 is 0 Å². The van der Waals surface area contributed by atoms with Crippen LogP contribution in [0.5, 0.6) is 0 Å². The molecule has 1 atom stereocenters. The zero-order chi connectivity index (χ0) is 11.2. The van der Waals surface area contributed by atoms with E-state index in [2.05, 4.69) is 0 Å². The maximum atomic E-state index is 12.5. The Morgan fingerprint density at radius 3 is 2.07 bits per heavy atom. The van der Waals surface area contributed by atoms with Gasteiger partial charge in [0.05, 0.1) is 0 Å². The van der Waals surface area contributed by atoms with Crippen LogP contribution in [0.2, 0.25) is 0 Å². The number of hydrogen-bond acceptors (Lipinski definition) is 2. The van der Waals surface area contributed by atoms with Gasteiger partial charge in [-0.2, -0.15) is 26.3 Å². The molecule has 8 heteroatoms. The number of nitrogens with zero attached hydrogens (tertiary/aromatic N) is 1. The molecule has 0 aromatic heterocycles. The Hall–Kier alpha value is -1.04. The molecule has 0 radical (unpaired) electrons. The topological polar surface area (TPSA) is 29.4 Å². The smallest absolute Gasteiger partial charge is 0.211 e. The summed E-state index contributed by atoms with van der Waals surface area (Å²) in [5.74, 6) is -12.2. The van der Waals surface area contributed by atoms with Gasteiger partial charge in [-0.3, -0.25) is 0 Å². The standard InChI is InChI=1S/C6H3F6NO/c7-4(8)1-3(5(4,9)10)6(11,12)13-2-14/h3H,1H2. The van der Waals surface area contributed by atoms with Gasteiger partial charge in [0.15, 0.2) is 0 Å². The first-order chi connectivity index (χ1) is 6.15. The Balaban J connectivity index is 2.91. The normalized spacial score (nSPS) is 28.9. The molecule has 1 rings (SSSR count). The van der Waals surface area contributed by atoms with Crippen molar-refractivity contribution in [3.8, 4) is 0 Å². The summed E-state index contributed by atoms with van der Waals surface area (Å²) >= 11 is 0. The van der Waals surface area contributed by atoms with Gasteiger partial charge in [0.2, 0.25) is 6.08 Å². The number of carbonyl (C=O) groups excluding carboxylic acids is 1. The summed E-state index contributed by atoms with van der Waals surface area (Å²) in [6.45, 7) is 0. The highest BCUT2D eigenvalue weighted by molar-refractivity contribution is 5.34. The fraction of sp³-hybridized carbons (Fsp3) is 0.833. The first-order valence-electron chi connectivity index (χ1n) is 3.37. The molecule has 0 amide bonds. The number of rotatable bonds is 2. The molecule has 1 saturated carbocycles. The number of aliphatic imine (C=N–C) groups is 1. The van der Waals surface area contributed by atoms with Gasteiger partial charge in [-0.15, -0.1) is 4.99 Å². The van der Waals surface area contributed by atoms with Crippen LogP contribution in [-0.4, -0.2) is 24.0 Å². The Morgan fingerprint density at radius 1 is 1.29 bits per heavy atom. The molecule has 0 aromatic carbocycles. The summed E-state index contributed by atoms with van der Waals surface area (Å²) in [5.41, 5.74) is 0. The Kier molecular flexibility index (Phi) is 2.15. The molecule has 1 fully saturated rings. The molecular formula is C6H3F6NO. The first-order valence-corrected chi connectivity index (χ1v) is 3.37. The van der Waals surface area contributed by atoms with Crippen LogP contribution in [0.4, 0.5) is 26.3 Å². The zero-order valence-electron chi connectivity index (χ0n) is 6.41. The van der Waals surface area contributed by atoms with E-state index in [-0.39, 0.29) is 0 Å². The molecule has 1 aliphatic rings. The number of isocyanates is 1. The van der Waals surface area contributed by atoms with Gasteiger partial charge in [-0.1, -0.05) is 0 Å². The van der Waals surface area contributed by atoms with Crippen LogP contribution >= 0.6 is 0 Å². The van der Waals surface area contributed by atoms with Crippen LogP contribution in [0.15, 0.2) is 4.99 Å². The first kappa shape index (κ1) is 11.0. The van der Waals surface area contributed by atoms with E-state index in [0.29, 0.717) is 6.08 Å². The van der Waals surface area contributed by atoms with Crippen LogP contribution in [0, 0.1) is 5.92 Å². The summed E-state index contributed by atoms with van der Waals surface area (Å²) in [6, 6.07) is -4.49. The largest absolute Gasteiger partial charge is 0.361 e. The molecule has 0 aromatic rings. The van der Waals surface area contributed by atoms with Gasteiger partial charge in [0.25, 0.3) is 0 Å². The monoisotopic (exact) mass is 219 g/mol. The SMILES string of the molecule is O=C=NC(F)(F)C1CC(F)(F)C1(F)F. The fourth-order valence-electron chi connectivity index (χ4n) is 1.12. The lowest BCUT2D eigenvalue weighted by Crippen LogP contribution is -2.63. The van der Waals surface area contributed by atoms with Crippen molar-refractivity contribution in [2.75, 3.05) is 0 Å². The van der Waals surface area contributed by atoms with E-state index < -0.39 is 30.2 Å². The quantitative estimate of drug-likeness (QED) is 0.303. The lowest BCUT2D eigenvalue weighted by molar-refractivity contribution is -0.352. The molecule has 80 valence electrons. The second-order valence-electron chi connectivity index (χ2n) is 2.87. The molecule has 0 heterocycles. The van der Waals surface area contributed by atoms with Crippen LogP contribution in [0.25, 0.3) is 0 Å². The summed E-state index contributed by atoms with van der Waals surface area (Å²) < 4.78 is 73.9. The minimum atomic E-state index is -4.84. The number of alkyl halides is 6. The average molecular weight is 219 g/mol. The van der Waals surface area contributed by atoms with E-state index in [9.17, 15) is 31.1 Å². The highest BCUT2D eigenvalue weighted by atomic mass is 19.3. The Bertz CT molecular complexity index is 295. The third kappa shape index (κ3) is 1.30. The average Bonchev–Trinajstić information content (AvgIpc) is 2.00. The van der Waals surface area contributed by atoms with E-state index >= 15 is 0 Å². The van der Waals surface area contributed by atoms with Crippen molar-refractivity contribution in [1.82, 2.24) is 0 Å². The third-order valence-corrected chi connectivity index (χ3v) is 2.00. The van der Waals surface area contributed by atoms with Crippen molar-refractivity contribution in [1.29, 1.82) is 0 Å². The zero-order valence-corrected chi connectivity index (χ0v) is 6.41. The predicted molar refractivity (Wildman–Crippen MR) is 31.1 cm³/mol. The minimum Gasteiger partial charge on any atom is -0.211 e. The van der Waals surface area contributed by atoms with Gasteiger partial charge in [0.1, 0.15) is 5.92 Å². The van der Waals surface area contributed by atoms with Gasteiger partial charge in [0, 0.05) is 6.42 Å². The van der Waals surface area contributed by atoms with Crippen LogP contribution in [0.1, 0.15) is 6.42 Å². The summed E-state index contributed by atoms with van der Waals surface area (Å²) in [4.78, 5) is 11.2. The van der Waals surface area contributed by atoms with Gasteiger partial charge in [-0.05, 0) is 0 Å². The summed E-state index contributed by atoms with van der Waals surface area (Å²) in [6.07, 6.45) is -1.33. The van der Waals surface area contributed by atoms with Crippen LogP contribution in [0.3, 0.4) is 0 Å². The van der Waals surface area contributed by atoms with Crippen LogP contribution in [-0.2, 0) is 4.79 Å². The molecule has 0 aliphatic heterocycles. The molecule has 0 bridgehead atoms. The van der Waals surface area contributed by atoms with Crippen molar-refractivity contribution in [2.24, 2.45) is 10.9 Å². The van der Waals surface area contributed by atoms with Gasteiger partial charge in [-0.25, -0.2) is 4.79 Å². The van der Waals surface area contributed by atoms with Gasteiger partial charge >= 0.3 is 17.9 Å². The molecule has 2 nitrogen and oxygen atoms in total. The van der Waals surface area contributed by atoms with E-state index in [4.69, 9.17) is 0 Å². The fourth-order valence-corrected chi connectivity index (χ4v) is 1.12. The molecule has 0 spiro atoms. The lowest BCUT2D eigenvalue weighted by atomic mass is 9.75. The highest BCUT2D eigenvalue weighted by Gasteiger charge is 2.78. The number of halogens is 6. The third-order valence-electron chi connectivity index (χ3n) is 2.00. The summed E-state index contributed by atoms with van der Waals surface area (Å²) in [7, 11) is 0. The second kappa shape index (κ2) is 2.73. The molecule has 1 aliphatic carbocycles. The molecule has 14 heavy (non-hydrogen) atoms.